The standard InChI is InChI=1S/C10H5Br2ClN2O/c11-7-3-6(13)1-2-8(7)16-10-4-9(12)14-5-15-10/h1-5H. The van der Waals surface area contributed by atoms with Crippen LogP contribution >= 0.6 is 43.5 Å². The van der Waals surface area contributed by atoms with Gasteiger partial charge in [-0.1, -0.05) is 11.6 Å². The van der Waals surface area contributed by atoms with E-state index in [1.807, 2.05) is 0 Å². The van der Waals surface area contributed by atoms with Crippen LogP contribution in [0.2, 0.25) is 5.02 Å². The fourth-order valence-corrected chi connectivity index (χ4v) is 2.09. The first-order valence-electron chi connectivity index (χ1n) is 4.25. The second-order valence-electron chi connectivity index (χ2n) is 2.86. The van der Waals surface area contributed by atoms with Crippen LogP contribution in [0, 0.1) is 0 Å². The maximum Gasteiger partial charge on any atom is 0.223 e. The van der Waals surface area contributed by atoms with E-state index in [2.05, 4.69) is 41.8 Å². The number of nitrogens with zero attached hydrogens (tertiary/aromatic N) is 2. The Morgan fingerprint density at radius 2 is 1.94 bits per heavy atom. The van der Waals surface area contributed by atoms with Gasteiger partial charge in [0.25, 0.3) is 0 Å². The quantitative estimate of drug-likeness (QED) is 0.739. The summed E-state index contributed by atoms with van der Waals surface area (Å²) in [6.07, 6.45) is 1.42. The minimum absolute atomic E-state index is 0.463. The minimum atomic E-state index is 0.463. The highest BCUT2D eigenvalue weighted by atomic mass is 79.9. The van der Waals surface area contributed by atoms with Gasteiger partial charge in [0.1, 0.15) is 16.7 Å². The van der Waals surface area contributed by atoms with Crippen LogP contribution in [-0.4, -0.2) is 9.97 Å². The number of aromatic nitrogens is 2. The molecular weight excluding hydrogens is 359 g/mol. The van der Waals surface area contributed by atoms with Crippen molar-refractivity contribution in [2.75, 3.05) is 0 Å². The summed E-state index contributed by atoms with van der Waals surface area (Å²) in [5, 5.41) is 0.642. The van der Waals surface area contributed by atoms with E-state index in [1.165, 1.54) is 6.33 Å². The molecule has 82 valence electrons. The van der Waals surface area contributed by atoms with Gasteiger partial charge in [-0.25, -0.2) is 9.97 Å². The summed E-state index contributed by atoms with van der Waals surface area (Å²) < 4.78 is 7.00. The zero-order chi connectivity index (χ0) is 11.5. The third-order valence-electron chi connectivity index (χ3n) is 1.72. The van der Waals surface area contributed by atoms with Crippen molar-refractivity contribution in [1.82, 2.24) is 9.97 Å². The number of ether oxygens (including phenoxy) is 1. The van der Waals surface area contributed by atoms with Gasteiger partial charge >= 0.3 is 0 Å². The molecule has 2 rings (SSSR count). The first-order valence-corrected chi connectivity index (χ1v) is 6.22. The summed E-state index contributed by atoms with van der Waals surface area (Å²) in [5.41, 5.74) is 0. The molecule has 6 heteroatoms. The number of rotatable bonds is 2. The smallest absolute Gasteiger partial charge is 0.223 e. The molecule has 0 aliphatic carbocycles. The predicted octanol–water partition coefficient (Wildman–Crippen LogP) is 4.45. The van der Waals surface area contributed by atoms with Gasteiger partial charge < -0.3 is 4.74 Å². The van der Waals surface area contributed by atoms with Crippen molar-refractivity contribution in [2.45, 2.75) is 0 Å². The second-order valence-corrected chi connectivity index (χ2v) is 4.96. The van der Waals surface area contributed by atoms with Crippen molar-refractivity contribution in [3.05, 3.63) is 44.7 Å². The number of hydrogen-bond acceptors (Lipinski definition) is 3. The molecule has 0 spiro atoms. The average molecular weight is 364 g/mol. The van der Waals surface area contributed by atoms with E-state index >= 15 is 0 Å². The van der Waals surface area contributed by atoms with Crippen LogP contribution in [0.1, 0.15) is 0 Å². The lowest BCUT2D eigenvalue weighted by Crippen LogP contribution is -1.89. The Labute approximate surface area is 114 Å². The van der Waals surface area contributed by atoms with E-state index in [9.17, 15) is 0 Å². The van der Waals surface area contributed by atoms with Crippen LogP contribution in [0.5, 0.6) is 11.6 Å². The van der Waals surface area contributed by atoms with Gasteiger partial charge in [-0.3, -0.25) is 0 Å². The predicted molar refractivity (Wildman–Crippen MR) is 69.0 cm³/mol. The molecule has 0 atom stereocenters. The highest BCUT2D eigenvalue weighted by Gasteiger charge is 2.04. The van der Waals surface area contributed by atoms with Gasteiger partial charge in [0.2, 0.25) is 5.88 Å². The van der Waals surface area contributed by atoms with Gasteiger partial charge in [0.05, 0.1) is 4.47 Å². The summed E-state index contributed by atoms with van der Waals surface area (Å²) in [7, 11) is 0. The summed E-state index contributed by atoms with van der Waals surface area (Å²) in [6, 6.07) is 6.95. The average Bonchev–Trinajstić information content (AvgIpc) is 2.22. The van der Waals surface area contributed by atoms with Gasteiger partial charge in [0, 0.05) is 11.1 Å². The van der Waals surface area contributed by atoms with Crippen LogP contribution in [-0.2, 0) is 0 Å². The number of benzene rings is 1. The third kappa shape index (κ3) is 2.93. The first kappa shape index (κ1) is 11.8. The lowest BCUT2D eigenvalue weighted by Gasteiger charge is -2.06. The molecule has 0 saturated carbocycles. The zero-order valence-electron chi connectivity index (χ0n) is 7.82. The second kappa shape index (κ2) is 5.12. The molecule has 1 heterocycles. The molecule has 0 aliphatic heterocycles. The lowest BCUT2D eigenvalue weighted by atomic mass is 10.3. The molecule has 1 aromatic carbocycles. The molecule has 0 unspecified atom stereocenters. The minimum Gasteiger partial charge on any atom is -0.438 e. The summed E-state index contributed by atoms with van der Waals surface area (Å²) >= 11 is 12.4. The van der Waals surface area contributed by atoms with E-state index in [1.54, 1.807) is 24.3 Å². The third-order valence-corrected chi connectivity index (χ3v) is 3.01. The Bertz CT molecular complexity index is 522. The van der Waals surface area contributed by atoms with Crippen LogP contribution in [0.25, 0.3) is 0 Å². The van der Waals surface area contributed by atoms with Gasteiger partial charge in [-0.15, -0.1) is 0 Å². The van der Waals surface area contributed by atoms with E-state index in [4.69, 9.17) is 16.3 Å². The Balaban J connectivity index is 2.27. The Hall–Kier alpha value is -0.650. The molecule has 0 N–H and O–H groups in total. The molecule has 0 fully saturated rings. The normalized spacial score (nSPS) is 10.2. The highest BCUT2D eigenvalue weighted by molar-refractivity contribution is 9.10. The molecule has 0 saturated heterocycles. The van der Waals surface area contributed by atoms with Gasteiger partial charge in [0.15, 0.2) is 0 Å². The van der Waals surface area contributed by atoms with Crippen LogP contribution in [0.15, 0.2) is 39.7 Å². The number of halogens is 3. The van der Waals surface area contributed by atoms with Crippen molar-refractivity contribution in [1.29, 1.82) is 0 Å². The Morgan fingerprint density at radius 3 is 2.62 bits per heavy atom. The van der Waals surface area contributed by atoms with Crippen molar-refractivity contribution in [3.63, 3.8) is 0 Å². The molecule has 0 bridgehead atoms. The van der Waals surface area contributed by atoms with E-state index in [-0.39, 0.29) is 0 Å². The van der Waals surface area contributed by atoms with Crippen molar-refractivity contribution in [2.24, 2.45) is 0 Å². The van der Waals surface area contributed by atoms with Crippen LogP contribution in [0.3, 0.4) is 0 Å². The maximum atomic E-state index is 5.83. The molecule has 2 aromatic rings. The molecule has 1 aromatic heterocycles. The zero-order valence-corrected chi connectivity index (χ0v) is 11.8. The van der Waals surface area contributed by atoms with E-state index < -0.39 is 0 Å². The van der Waals surface area contributed by atoms with Crippen molar-refractivity contribution >= 4 is 43.5 Å². The number of hydrogen-bond donors (Lipinski definition) is 0. The lowest BCUT2D eigenvalue weighted by molar-refractivity contribution is 0.458. The highest BCUT2D eigenvalue weighted by Crippen LogP contribution is 2.31. The van der Waals surface area contributed by atoms with Gasteiger partial charge in [-0.05, 0) is 50.1 Å². The molecule has 3 nitrogen and oxygen atoms in total. The van der Waals surface area contributed by atoms with E-state index in [0.29, 0.717) is 21.3 Å². The Morgan fingerprint density at radius 1 is 1.12 bits per heavy atom. The fraction of sp³-hybridized carbons (Fsp3) is 0. The molecule has 0 aliphatic rings. The summed E-state index contributed by atoms with van der Waals surface area (Å²) in [6.45, 7) is 0. The summed E-state index contributed by atoms with van der Waals surface area (Å²) in [5.74, 6) is 1.11. The molecule has 0 amide bonds. The first-order chi connectivity index (χ1) is 7.65. The van der Waals surface area contributed by atoms with Crippen molar-refractivity contribution in [3.8, 4) is 11.6 Å². The summed E-state index contributed by atoms with van der Waals surface area (Å²) in [4.78, 5) is 7.89. The largest absolute Gasteiger partial charge is 0.438 e. The topological polar surface area (TPSA) is 35.0 Å². The monoisotopic (exact) mass is 362 g/mol. The van der Waals surface area contributed by atoms with Gasteiger partial charge in [-0.2, -0.15) is 0 Å². The SMILES string of the molecule is Clc1ccc(Oc2cc(Br)ncn2)c(Br)c1. The van der Waals surface area contributed by atoms with E-state index in [0.717, 1.165) is 4.47 Å². The molecule has 16 heavy (non-hydrogen) atoms. The van der Waals surface area contributed by atoms with Crippen LogP contribution < -0.4 is 4.74 Å². The van der Waals surface area contributed by atoms with Crippen LogP contribution in [0.4, 0.5) is 0 Å². The molecule has 0 radical (unpaired) electrons. The fourth-order valence-electron chi connectivity index (χ4n) is 1.04. The Kier molecular flexibility index (Phi) is 3.78. The van der Waals surface area contributed by atoms with Crippen molar-refractivity contribution < 1.29 is 4.74 Å². The molecular formula is C10H5Br2ClN2O. The maximum absolute atomic E-state index is 5.83.